The molecule has 0 unspecified atom stereocenters. The van der Waals surface area contributed by atoms with Crippen LogP contribution in [0, 0.1) is 0 Å². The molecule has 1 aliphatic rings. The Hall–Kier alpha value is -1.15. The molecule has 6 nitrogen and oxygen atoms in total. The lowest BCUT2D eigenvalue weighted by molar-refractivity contribution is 0.248. The smallest absolute Gasteiger partial charge is 0.240 e. The first-order valence-corrected chi connectivity index (χ1v) is 8.43. The lowest BCUT2D eigenvalue weighted by Gasteiger charge is -2.29. The second-order valence-corrected chi connectivity index (χ2v) is 7.04. The third-order valence-electron chi connectivity index (χ3n) is 3.77. The Morgan fingerprint density at radius 2 is 2.05 bits per heavy atom. The molecule has 0 saturated carbocycles. The SMILES string of the molecule is COc1ccc(S(=O)(=O)NC2CCN(C)CC2)cc1CO. The van der Waals surface area contributed by atoms with Gasteiger partial charge in [0, 0.05) is 11.6 Å². The number of piperidine rings is 1. The van der Waals surface area contributed by atoms with Crippen LogP contribution < -0.4 is 9.46 Å². The minimum atomic E-state index is -3.57. The van der Waals surface area contributed by atoms with Gasteiger partial charge in [-0.25, -0.2) is 13.1 Å². The fourth-order valence-corrected chi connectivity index (χ4v) is 3.81. The van der Waals surface area contributed by atoms with Gasteiger partial charge in [-0.1, -0.05) is 0 Å². The molecule has 118 valence electrons. The number of nitrogens with one attached hydrogen (secondary N) is 1. The van der Waals surface area contributed by atoms with Crippen LogP contribution >= 0.6 is 0 Å². The molecule has 0 aromatic heterocycles. The van der Waals surface area contributed by atoms with Crippen LogP contribution in [-0.4, -0.2) is 51.7 Å². The Morgan fingerprint density at radius 1 is 1.38 bits per heavy atom. The van der Waals surface area contributed by atoms with Crippen molar-refractivity contribution >= 4 is 10.0 Å². The van der Waals surface area contributed by atoms with Gasteiger partial charge >= 0.3 is 0 Å². The molecule has 0 aliphatic carbocycles. The highest BCUT2D eigenvalue weighted by molar-refractivity contribution is 7.89. The lowest BCUT2D eigenvalue weighted by Crippen LogP contribution is -2.43. The van der Waals surface area contributed by atoms with E-state index in [4.69, 9.17) is 4.74 Å². The van der Waals surface area contributed by atoms with Crippen molar-refractivity contribution in [1.82, 2.24) is 9.62 Å². The molecule has 1 aromatic rings. The van der Waals surface area contributed by atoms with Crippen LogP contribution in [0.15, 0.2) is 23.1 Å². The van der Waals surface area contributed by atoms with Crippen molar-refractivity contribution in [3.8, 4) is 5.75 Å². The Morgan fingerprint density at radius 3 is 2.62 bits per heavy atom. The predicted octanol–water partition coefficient (Wildman–Crippen LogP) is 0.560. The first-order chi connectivity index (χ1) is 9.96. The van der Waals surface area contributed by atoms with Crippen molar-refractivity contribution in [2.45, 2.75) is 30.4 Å². The molecule has 1 aliphatic heterocycles. The summed E-state index contributed by atoms with van der Waals surface area (Å²) in [4.78, 5) is 2.34. The average Bonchev–Trinajstić information content (AvgIpc) is 2.48. The van der Waals surface area contributed by atoms with E-state index in [1.54, 1.807) is 6.07 Å². The minimum Gasteiger partial charge on any atom is -0.496 e. The van der Waals surface area contributed by atoms with Crippen molar-refractivity contribution in [2.75, 3.05) is 27.2 Å². The number of benzene rings is 1. The summed E-state index contributed by atoms with van der Waals surface area (Å²) in [6.07, 6.45) is 1.61. The maximum atomic E-state index is 12.4. The molecule has 1 heterocycles. The zero-order valence-corrected chi connectivity index (χ0v) is 13.2. The van der Waals surface area contributed by atoms with E-state index in [2.05, 4.69) is 9.62 Å². The number of hydrogen-bond acceptors (Lipinski definition) is 5. The fraction of sp³-hybridized carbons (Fsp3) is 0.571. The highest BCUT2D eigenvalue weighted by Crippen LogP contribution is 2.23. The van der Waals surface area contributed by atoms with E-state index in [0.29, 0.717) is 11.3 Å². The number of ether oxygens (including phenoxy) is 1. The molecule has 21 heavy (non-hydrogen) atoms. The van der Waals surface area contributed by atoms with Crippen molar-refractivity contribution in [3.63, 3.8) is 0 Å². The molecule has 0 spiro atoms. The zero-order valence-electron chi connectivity index (χ0n) is 12.4. The number of sulfonamides is 1. The van der Waals surface area contributed by atoms with E-state index < -0.39 is 10.0 Å². The van der Waals surface area contributed by atoms with Crippen LogP contribution in [0.25, 0.3) is 0 Å². The van der Waals surface area contributed by atoms with E-state index in [1.165, 1.54) is 19.2 Å². The van der Waals surface area contributed by atoms with Gasteiger partial charge in [-0.2, -0.15) is 0 Å². The summed E-state index contributed by atoms with van der Waals surface area (Å²) >= 11 is 0. The van der Waals surface area contributed by atoms with E-state index in [1.807, 2.05) is 7.05 Å². The lowest BCUT2D eigenvalue weighted by atomic mass is 10.1. The molecule has 1 saturated heterocycles. The van der Waals surface area contributed by atoms with Gasteiger partial charge in [-0.05, 0) is 51.2 Å². The second kappa shape index (κ2) is 6.74. The highest BCUT2D eigenvalue weighted by atomic mass is 32.2. The van der Waals surface area contributed by atoms with Gasteiger partial charge in [-0.15, -0.1) is 0 Å². The third-order valence-corrected chi connectivity index (χ3v) is 5.29. The summed E-state index contributed by atoms with van der Waals surface area (Å²) in [7, 11) is -0.0551. The summed E-state index contributed by atoms with van der Waals surface area (Å²) in [6.45, 7) is 1.51. The molecule has 0 atom stereocenters. The predicted molar refractivity (Wildman–Crippen MR) is 79.8 cm³/mol. The van der Waals surface area contributed by atoms with Crippen molar-refractivity contribution in [1.29, 1.82) is 0 Å². The number of aliphatic hydroxyl groups excluding tert-OH is 1. The van der Waals surface area contributed by atoms with Crippen molar-refractivity contribution < 1.29 is 18.3 Å². The van der Waals surface area contributed by atoms with Crippen molar-refractivity contribution in [2.24, 2.45) is 0 Å². The first kappa shape index (κ1) is 16.2. The molecular formula is C14H22N2O4S. The largest absolute Gasteiger partial charge is 0.496 e. The maximum Gasteiger partial charge on any atom is 0.240 e. The van der Waals surface area contributed by atoms with Crippen LogP contribution in [0.2, 0.25) is 0 Å². The number of rotatable bonds is 5. The van der Waals surface area contributed by atoms with Gasteiger partial charge in [-0.3, -0.25) is 0 Å². The van der Waals surface area contributed by atoms with Crippen molar-refractivity contribution in [3.05, 3.63) is 23.8 Å². The summed E-state index contributed by atoms with van der Waals surface area (Å²) in [6, 6.07) is 4.48. The van der Waals surface area contributed by atoms with Gasteiger partial charge in [0.25, 0.3) is 0 Å². The van der Waals surface area contributed by atoms with Crippen LogP contribution in [0.3, 0.4) is 0 Å². The zero-order chi connectivity index (χ0) is 15.5. The molecule has 2 N–H and O–H groups in total. The summed E-state index contributed by atoms with van der Waals surface area (Å²) < 4.78 is 32.6. The van der Waals surface area contributed by atoms with Gasteiger partial charge < -0.3 is 14.7 Å². The standard InChI is InChI=1S/C14H22N2O4S/c1-16-7-5-12(6-8-16)15-21(18,19)13-3-4-14(20-2)11(9-13)10-17/h3-4,9,12,15,17H,5-8,10H2,1-2H3. The summed E-state index contributed by atoms with van der Waals surface area (Å²) in [5.74, 6) is 0.482. The third kappa shape index (κ3) is 3.94. The number of aliphatic hydroxyl groups is 1. The molecular weight excluding hydrogens is 292 g/mol. The Balaban J connectivity index is 2.15. The van der Waals surface area contributed by atoms with E-state index >= 15 is 0 Å². The molecule has 2 rings (SSSR count). The number of hydrogen-bond donors (Lipinski definition) is 2. The van der Waals surface area contributed by atoms with Crippen LogP contribution in [0.1, 0.15) is 18.4 Å². The average molecular weight is 314 g/mol. The van der Waals surface area contributed by atoms with Crippen LogP contribution in [0.4, 0.5) is 0 Å². The monoisotopic (exact) mass is 314 g/mol. The number of methoxy groups -OCH3 is 1. The first-order valence-electron chi connectivity index (χ1n) is 6.95. The normalized spacial score (nSPS) is 17.9. The second-order valence-electron chi connectivity index (χ2n) is 5.33. The van der Waals surface area contributed by atoms with Crippen LogP contribution in [-0.2, 0) is 16.6 Å². The van der Waals surface area contributed by atoms with Gasteiger partial charge in [0.15, 0.2) is 0 Å². The molecule has 7 heteroatoms. The topological polar surface area (TPSA) is 78.9 Å². The molecule has 0 radical (unpaired) electrons. The molecule has 1 fully saturated rings. The van der Waals surface area contributed by atoms with E-state index in [0.717, 1.165) is 25.9 Å². The van der Waals surface area contributed by atoms with Gasteiger partial charge in [0.2, 0.25) is 10.0 Å². The number of nitrogens with zero attached hydrogens (tertiary/aromatic N) is 1. The highest BCUT2D eigenvalue weighted by Gasteiger charge is 2.24. The summed E-state index contributed by atoms with van der Waals surface area (Å²) in [5, 5.41) is 9.29. The Bertz CT molecular complexity index is 581. The Labute approximate surface area is 125 Å². The summed E-state index contributed by atoms with van der Waals surface area (Å²) in [5.41, 5.74) is 0.462. The van der Waals surface area contributed by atoms with E-state index in [9.17, 15) is 13.5 Å². The molecule has 1 aromatic carbocycles. The Kier molecular flexibility index (Phi) is 5.21. The van der Waals surface area contributed by atoms with Gasteiger partial charge in [0.05, 0.1) is 18.6 Å². The maximum absolute atomic E-state index is 12.4. The number of likely N-dealkylation sites (tertiary alicyclic amines) is 1. The van der Waals surface area contributed by atoms with Gasteiger partial charge in [0.1, 0.15) is 5.75 Å². The molecule has 0 bridgehead atoms. The van der Waals surface area contributed by atoms with E-state index in [-0.39, 0.29) is 17.5 Å². The van der Waals surface area contributed by atoms with Crippen LogP contribution in [0.5, 0.6) is 5.75 Å². The molecule has 0 amide bonds. The minimum absolute atomic E-state index is 0.0362. The fourth-order valence-electron chi connectivity index (χ4n) is 2.46. The quantitative estimate of drug-likeness (QED) is 0.830.